The van der Waals surface area contributed by atoms with Crippen molar-refractivity contribution in [3.63, 3.8) is 0 Å². The van der Waals surface area contributed by atoms with Crippen LogP contribution >= 0.6 is 12.4 Å². The van der Waals surface area contributed by atoms with Gasteiger partial charge in [-0.2, -0.15) is 0 Å². The first-order chi connectivity index (χ1) is 7.60. The molecule has 0 spiro atoms. The minimum absolute atomic E-state index is 0. The number of hydrogen-bond donors (Lipinski definition) is 1. The molecule has 1 rings (SSSR count). The fraction of sp³-hybridized carbons (Fsp3) is 0.917. The highest BCUT2D eigenvalue weighted by molar-refractivity contribution is 5.85. The second kappa shape index (κ2) is 7.90. The van der Waals surface area contributed by atoms with Crippen molar-refractivity contribution in [3.05, 3.63) is 0 Å². The lowest BCUT2D eigenvalue weighted by molar-refractivity contribution is -0.143. The molecular formula is C12H25ClN2O2. The minimum atomic E-state index is -0.462. The zero-order chi connectivity index (χ0) is 12.1. The third-order valence-corrected chi connectivity index (χ3v) is 3.57. The van der Waals surface area contributed by atoms with E-state index >= 15 is 0 Å². The van der Waals surface area contributed by atoms with Gasteiger partial charge in [-0.3, -0.25) is 4.79 Å². The maximum Gasteiger partial charge on any atom is 0.253 e. The van der Waals surface area contributed by atoms with Gasteiger partial charge in [-0.25, -0.2) is 0 Å². The summed E-state index contributed by atoms with van der Waals surface area (Å²) < 4.78 is 5.07. The summed E-state index contributed by atoms with van der Waals surface area (Å²) in [5.74, 6) is 1.51. The molecule has 1 fully saturated rings. The highest BCUT2D eigenvalue weighted by Gasteiger charge is 2.28. The quantitative estimate of drug-likeness (QED) is 0.832. The number of amides is 1. The first-order valence-corrected chi connectivity index (χ1v) is 6.11. The summed E-state index contributed by atoms with van der Waals surface area (Å²) in [7, 11) is 1.54. The largest absolute Gasteiger partial charge is 0.370 e. The number of hydrogen-bond acceptors (Lipinski definition) is 3. The molecule has 17 heavy (non-hydrogen) atoms. The fourth-order valence-electron chi connectivity index (χ4n) is 2.29. The van der Waals surface area contributed by atoms with E-state index in [-0.39, 0.29) is 24.9 Å². The number of carbonyl (C=O) groups is 1. The van der Waals surface area contributed by atoms with Crippen LogP contribution in [0.2, 0.25) is 0 Å². The molecule has 1 unspecified atom stereocenters. The Kier molecular flexibility index (Phi) is 7.75. The smallest absolute Gasteiger partial charge is 0.253 e. The van der Waals surface area contributed by atoms with Crippen LogP contribution in [0.3, 0.4) is 0 Å². The van der Waals surface area contributed by atoms with E-state index in [0.717, 1.165) is 31.8 Å². The summed E-state index contributed by atoms with van der Waals surface area (Å²) in [6.07, 6.45) is 1.74. The van der Waals surface area contributed by atoms with Crippen LogP contribution in [0.15, 0.2) is 0 Å². The first kappa shape index (κ1) is 16.7. The number of likely N-dealkylation sites (tertiary alicyclic amines) is 1. The number of nitrogens with two attached hydrogens (primary N) is 1. The van der Waals surface area contributed by atoms with Crippen LogP contribution in [0, 0.1) is 11.8 Å². The van der Waals surface area contributed by atoms with Crippen molar-refractivity contribution in [2.24, 2.45) is 17.6 Å². The van der Waals surface area contributed by atoms with E-state index in [4.69, 9.17) is 10.5 Å². The normalized spacial score (nSPS) is 19.0. The van der Waals surface area contributed by atoms with Crippen molar-refractivity contribution in [2.75, 3.05) is 26.7 Å². The highest BCUT2D eigenvalue weighted by atomic mass is 35.5. The van der Waals surface area contributed by atoms with E-state index in [1.807, 2.05) is 4.90 Å². The predicted molar refractivity (Wildman–Crippen MR) is 71.2 cm³/mol. The Morgan fingerprint density at radius 2 is 1.94 bits per heavy atom. The number of nitrogens with zero attached hydrogens (tertiary/aromatic N) is 1. The molecule has 0 aromatic rings. The van der Waals surface area contributed by atoms with Gasteiger partial charge in [0.2, 0.25) is 0 Å². The number of halogens is 1. The third-order valence-electron chi connectivity index (χ3n) is 3.57. The number of carbonyl (C=O) groups excluding carboxylic acids is 1. The van der Waals surface area contributed by atoms with Gasteiger partial charge in [-0.05, 0) is 24.7 Å². The SMILES string of the molecule is COC(CN)C(=O)N1CCC(C(C)C)CC1.Cl. The summed E-state index contributed by atoms with van der Waals surface area (Å²) >= 11 is 0. The van der Waals surface area contributed by atoms with Crippen LogP contribution in [0.5, 0.6) is 0 Å². The summed E-state index contributed by atoms with van der Waals surface area (Å²) in [5.41, 5.74) is 5.49. The topological polar surface area (TPSA) is 55.6 Å². The minimum Gasteiger partial charge on any atom is -0.370 e. The van der Waals surface area contributed by atoms with Crippen molar-refractivity contribution >= 4 is 18.3 Å². The molecule has 102 valence electrons. The van der Waals surface area contributed by atoms with Gasteiger partial charge in [0.05, 0.1) is 0 Å². The molecule has 0 bridgehead atoms. The standard InChI is InChI=1S/C12H24N2O2.ClH/c1-9(2)10-4-6-14(7-5-10)12(15)11(8-13)16-3;/h9-11H,4-8,13H2,1-3H3;1H. The predicted octanol–water partition coefficient (Wildman–Crippen LogP) is 1.28. The van der Waals surface area contributed by atoms with Crippen LogP contribution in [-0.4, -0.2) is 43.7 Å². The maximum absolute atomic E-state index is 12.0. The van der Waals surface area contributed by atoms with Crippen molar-refractivity contribution in [1.82, 2.24) is 4.90 Å². The lowest BCUT2D eigenvalue weighted by Gasteiger charge is -2.35. The number of ether oxygens (including phenoxy) is 1. The number of rotatable bonds is 4. The van der Waals surface area contributed by atoms with Crippen LogP contribution in [0.4, 0.5) is 0 Å². The Morgan fingerprint density at radius 3 is 2.29 bits per heavy atom. The summed E-state index contributed by atoms with van der Waals surface area (Å²) in [6.45, 7) is 6.46. The molecule has 0 aliphatic carbocycles. The lowest BCUT2D eigenvalue weighted by Crippen LogP contribution is -2.47. The summed E-state index contributed by atoms with van der Waals surface area (Å²) in [6, 6.07) is 0. The Labute approximate surface area is 110 Å². The summed E-state index contributed by atoms with van der Waals surface area (Å²) in [4.78, 5) is 13.8. The van der Waals surface area contributed by atoms with Gasteiger partial charge in [0.25, 0.3) is 5.91 Å². The Bertz CT molecular complexity index is 225. The molecule has 1 amide bonds. The molecule has 0 saturated carbocycles. The average Bonchev–Trinajstić information content (AvgIpc) is 2.30. The average molecular weight is 265 g/mol. The van der Waals surface area contributed by atoms with Gasteiger partial charge in [0.15, 0.2) is 0 Å². The summed E-state index contributed by atoms with van der Waals surface area (Å²) in [5, 5.41) is 0. The Hall–Kier alpha value is -0.320. The van der Waals surface area contributed by atoms with Gasteiger partial charge in [0.1, 0.15) is 6.10 Å². The molecule has 1 atom stereocenters. The van der Waals surface area contributed by atoms with Gasteiger partial charge in [-0.15, -0.1) is 12.4 Å². The van der Waals surface area contributed by atoms with Gasteiger partial charge < -0.3 is 15.4 Å². The zero-order valence-corrected chi connectivity index (χ0v) is 11.8. The van der Waals surface area contributed by atoms with Crippen LogP contribution in [-0.2, 0) is 9.53 Å². The molecule has 1 aliphatic rings. The lowest BCUT2D eigenvalue weighted by atomic mass is 9.86. The van der Waals surface area contributed by atoms with Crippen molar-refractivity contribution in [3.8, 4) is 0 Å². The third kappa shape index (κ3) is 4.45. The first-order valence-electron chi connectivity index (χ1n) is 6.11. The van der Waals surface area contributed by atoms with Crippen LogP contribution in [0.1, 0.15) is 26.7 Å². The molecule has 2 N–H and O–H groups in total. The Balaban J connectivity index is 0.00000256. The molecule has 0 radical (unpaired) electrons. The van der Waals surface area contributed by atoms with E-state index in [2.05, 4.69) is 13.8 Å². The van der Waals surface area contributed by atoms with Gasteiger partial charge in [0, 0.05) is 26.7 Å². The molecular weight excluding hydrogens is 240 g/mol. The monoisotopic (exact) mass is 264 g/mol. The van der Waals surface area contributed by atoms with E-state index in [0.29, 0.717) is 5.92 Å². The van der Waals surface area contributed by atoms with Crippen molar-refractivity contribution in [2.45, 2.75) is 32.8 Å². The van der Waals surface area contributed by atoms with E-state index in [1.165, 1.54) is 7.11 Å². The van der Waals surface area contributed by atoms with Crippen LogP contribution in [0.25, 0.3) is 0 Å². The molecule has 5 heteroatoms. The highest BCUT2D eigenvalue weighted by Crippen LogP contribution is 2.24. The molecule has 1 saturated heterocycles. The Morgan fingerprint density at radius 1 is 1.41 bits per heavy atom. The second-order valence-electron chi connectivity index (χ2n) is 4.87. The second-order valence-corrected chi connectivity index (χ2v) is 4.87. The number of piperidine rings is 1. The molecule has 0 aromatic heterocycles. The van der Waals surface area contributed by atoms with Gasteiger partial charge >= 0.3 is 0 Å². The molecule has 4 nitrogen and oxygen atoms in total. The van der Waals surface area contributed by atoms with E-state index in [9.17, 15) is 4.79 Å². The molecule has 1 heterocycles. The van der Waals surface area contributed by atoms with Crippen LogP contribution < -0.4 is 5.73 Å². The number of methoxy groups -OCH3 is 1. The van der Waals surface area contributed by atoms with Crippen molar-refractivity contribution < 1.29 is 9.53 Å². The van der Waals surface area contributed by atoms with Crippen molar-refractivity contribution in [1.29, 1.82) is 0 Å². The van der Waals surface area contributed by atoms with Gasteiger partial charge in [-0.1, -0.05) is 13.8 Å². The fourth-order valence-corrected chi connectivity index (χ4v) is 2.29. The molecule has 0 aromatic carbocycles. The van der Waals surface area contributed by atoms with E-state index < -0.39 is 6.10 Å². The zero-order valence-electron chi connectivity index (χ0n) is 11.0. The van der Waals surface area contributed by atoms with E-state index in [1.54, 1.807) is 0 Å². The molecule has 1 aliphatic heterocycles. The maximum atomic E-state index is 12.0.